The number of primary amides is 1. The third-order valence-electron chi connectivity index (χ3n) is 5.77. The maximum Gasteiger partial charge on any atom is 0.336 e. The lowest BCUT2D eigenvalue weighted by atomic mass is 10.1. The Kier molecular flexibility index (Phi) is 5.62. The molecule has 4 N–H and O–H groups in total. The number of likely N-dealkylation sites (N-methyl/N-ethyl adjacent to an activating group) is 1. The van der Waals surface area contributed by atoms with Crippen LogP contribution in [0.1, 0.15) is 27.2 Å². The molecule has 3 aromatic heterocycles. The number of pyridine rings is 1. The first-order valence-corrected chi connectivity index (χ1v) is 10.6. The van der Waals surface area contributed by atoms with Crippen LogP contribution in [0, 0.1) is 20.8 Å². The van der Waals surface area contributed by atoms with E-state index in [4.69, 9.17) is 20.9 Å². The van der Waals surface area contributed by atoms with Crippen LogP contribution < -0.4 is 20.9 Å². The van der Waals surface area contributed by atoms with Crippen molar-refractivity contribution in [2.75, 3.05) is 40.1 Å². The van der Waals surface area contributed by atoms with E-state index in [1.54, 1.807) is 11.6 Å². The lowest BCUT2D eigenvalue weighted by Gasteiger charge is -2.17. The molecule has 4 aromatic rings. The van der Waals surface area contributed by atoms with E-state index in [0.29, 0.717) is 28.9 Å². The fraction of sp³-hybridized carbons (Fsp3) is 0.348. The van der Waals surface area contributed by atoms with Gasteiger partial charge in [0.25, 0.3) is 5.91 Å². The van der Waals surface area contributed by atoms with Crippen LogP contribution in [0.4, 0.5) is 5.82 Å². The van der Waals surface area contributed by atoms with E-state index in [9.17, 15) is 4.79 Å². The number of carbonyl (C=O) groups is 1. The number of aryl methyl sites for hydroxylation is 2. The van der Waals surface area contributed by atoms with Crippen LogP contribution in [0.15, 0.2) is 18.2 Å². The van der Waals surface area contributed by atoms with E-state index in [1.165, 1.54) is 0 Å². The van der Waals surface area contributed by atoms with Crippen molar-refractivity contribution in [3.05, 3.63) is 40.6 Å². The summed E-state index contributed by atoms with van der Waals surface area (Å²) in [6, 6.07) is 5.94. The summed E-state index contributed by atoms with van der Waals surface area (Å²) in [5.74, 6) is 0.331. The largest absolute Gasteiger partial charge is 0.496 e. The standard InChI is InChI=1S/C23H29N7O3/c1-12-7-8-16(32-6)14(3)18(12)29-19-15(17(20(29)24)21(25)31)11-13(2)30-22(19)26-23(27-30)33-10-9-28(4)5/h7-8,11H,9-10,24H2,1-6H3,(H2,25,31). The molecular formula is C23H29N7O3. The van der Waals surface area contributed by atoms with Crippen molar-refractivity contribution in [2.45, 2.75) is 20.8 Å². The van der Waals surface area contributed by atoms with Gasteiger partial charge in [0, 0.05) is 23.2 Å². The van der Waals surface area contributed by atoms with Crippen LogP contribution in [0.5, 0.6) is 11.8 Å². The number of nitrogen functional groups attached to an aromatic ring is 1. The maximum atomic E-state index is 12.5. The highest BCUT2D eigenvalue weighted by atomic mass is 16.5. The highest BCUT2D eigenvalue weighted by Gasteiger charge is 2.26. The predicted molar refractivity (Wildman–Crippen MR) is 128 cm³/mol. The summed E-state index contributed by atoms with van der Waals surface area (Å²) in [7, 11) is 5.55. The Labute approximate surface area is 191 Å². The second-order valence-corrected chi connectivity index (χ2v) is 8.35. The summed E-state index contributed by atoms with van der Waals surface area (Å²) < 4.78 is 14.8. The fourth-order valence-electron chi connectivity index (χ4n) is 4.19. The van der Waals surface area contributed by atoms with Crippen LogP contribution in [-0.2, 0) is 0 Å². The third kappa shape index (κ3) is 3.62. The number of fused-ring (bicyclic) bond motifs is 3. The van der Waals surface area contributed by atoms with Crippen molar-refractivity contribution in [3.63, 3.8) is 0 Å². The number of hydrogen-bond acceptors (Lipinski definition) is 7. The molecule has 10 heteroatoms. The first-order valence-electron chi connectivity index (χ1n) is 10.6. The molecule has 0 atom stereocenters. The minimum absolute atomic E-state index is 0.238. The summed E-state index contributed by atoms with van der Waals surface area (Å²) in [6.45, 7) is 6.96. The Bertz CT molecular complexity index is 1380. The average molecular weight is 452 g/mol. The van der Waals surface area contributed by atoms with Crippen molar-refractivity contribution >= 4 is 28.3 Å². The number of carbonyl (C=O) groups excluding carboxylic acids is 1. The topological polar surface area (TPSA) is 126 Å². The highest BCUT2D eigenvalue weighted by Crippen LogP contribution is 2.38. The van der Waals surface area contributed by atoms with Gasteiger partial charge in [-0.25, -0.2) is 4.52 Å². The van der Waals surface area contributed by atoms with Crippen LogP contribution in [0.25, 0.3) is 22.2 Å². The van der Waals surface area contributed by atoms with Gasteiger partial charge in [-0.3, -0.25) is 9.36 Å². The first kappa shape index (κ1) is 22.4. The summed E-state index contributed by atoms with van der Waals surface area (Å²) in [4.78, 5) is 19.1. The maximum absolute atomic E-state index is 12.5. The van der Waals surface area contributed by atoms with E-state index < -0.39 is 5.91 Å². The van der Waals surface area contributed by atoms with Gasteiger partial charge in [0.15, 0.2) is 5.65 Å². The molecule has 33 heavy (non-hydrogen) atoms. The predicted octanol–water partition coefficient (Wildman–Crippen LogP) is 2.23. The van der Waals surface area contributed by atoms with E-state index >= 15 is 0 Å². The lowest BCUT2D eigenvalue weighted by Crippen LogP contribution is -2.19. The molecule has 10 nitrogen and oxygen atoms in total. The lowest BCUT2D eigenvalue weighted by molar-refractivity contribution is 0.100. The summed E-state index contributed by atoms with van der Waals surface area (Å²) in [5, 5.41) is 5.14. The van der Waals surface area contributed by atoms with E-state index in [-0.39, 0.29) is 17.4 Å². The SMILES string of the molecule is COc1ccc(C)c(-n2c(N)c(C(N)=O)c3cc(C)n4nc(OCCN(C)C)nc4c32)c1C. The first-order chi connectivity index (χ1) is 15.6. The molecule has 0 spiro atoms. The minimum Gasteiger partial charge on any atom is -0.496 e. The van der Waals surface area contributed by atoms with Gasteiger partial charge in [0.1, 0.15) is 23.7 Å². The molecule has 0 aliphatic rings. The molecule has 0 unspecified atom stereocenters. The zero-order valence-electron chi connectivity index (χ0n) is 19.8. The Morgan fingerprint density at radius 2 is 1.94 bits per heavy atom. The number of benzene rings is 1. The van der Waals surface area contributed by atoms with Gasteiger partial charge < -0.3 is 25.8 Å². The molecule has 0 bridgehead atoms. The van der Waals surface area contributed by atoms with Crippen LogP contribution in [0.2, 0.25) is 0 Å². The van der Waals surface area contributed by atoms with Gasteiger partial charge in [-0.15, -0.1) is 5.10 Å². The van der Waals surface area contributed by atoms with Crippen LogP contribution >= 0.6 is 0 Å². The molecule has 4 rings (SSSR count). The van der Waals surface area contributed by atoms with E-state index in [1.807, 2.05) is 62.5 Å². The van der Waals surface area contributed by atoms with Crippen LogP contribution in [-0.4, -0.2) is 64.3 Å². The molecule has 0 aliphatic carbocycles. The second-order valence-electron chi connectivity index (χ2n) is 8.35. The number of aromatic nitrogens is 4. The smallest absolute Gasteiger partial charge is 0.336 e. The minimum atomic E-state index is -0.611. The zero-order valence-corrected chi connectivity index (χ0v) is 19.8. The number of nitrogens with two attached hydrogens (primary N) is 2. The van der Waals surface area contributed by atoms with E-state index in [2.05, 4.69) is 10.1 Å². The Balaban J connectivity index is 2.08. The van der Waals surface area contributed by atoms with Crippen molar-refractivity contribution in [2.24, 2.45) is 5.73 Å². The molecule has 3 heterocycles. The number of ether oxygens (including phenoxy) is 2. The number of rotatable bonds is 7. The zero-order chi connectivity index (χ0) is 24.0. The second kappa shape index (κ2) is 8.28. The van der Waals surface area contributed by atoms with Gasteiger partial charge in [-0.2, -0.15) is 4.98 Å². The number of hydrogen-bond donors (Lipinski definition) is 2. The van der Waals surface area contributed by atoms with Crippen molar-refractivity contribution < 1.29 is 14.3 Å². The molecule has 0 saturated carbocycles. The summed E-state index contributed by atoms with van der Waals surface area (Å²) in [5.41, 5.74) is 17.1. The number of amides is 1. The molecule has 1 aromatic carbocycles. The highest BCUT2D eigenvalue weighted by molar-refractivity contribution is 6.14. The van der Waals surface area contributed by atoms with Gasteiger partial charge >= 0.3 is 6.01 Å². The quantitative estimate of drug-likeness (QED) is 0.441. The molecule has 0 saturated heterocycles. The molecule has 0 fully saturated rings. The monoisotopic (exact) mass is 451 g/mol. The Morgan fingerprint density at radius 1 is 1.21 bits per heavy atom. The Morgan fingerprint density at radius 3 is 2.58 bits per heavy atom. The molecular weight excluding hydrogens is 422 g/mol. The van der Waals surface area contributed by atoms with Gasteiger partial charge in [-0.05, 0) is 52.6 Å². The molecule has 0 radical (unpaired) electrons. The van der Waals surface area contributed by atoms with Crippen molar-refractivity contribution in [1.29, 1.82) is 0 Å². The normalized spacial score (nSPS) is 11.6. The summed E-state index contributed by atoms with van der Waals surface area (Å²) >= 11 is 0. The fourth-order valence-corrected chi connectivity index (χ4v) is 4.19. The van der Waals surface area contributed by atoms with Crippen molar-refractivity contribution in [3.8, 4) is 17.4 Å². The Hall–Kier alpha value is -3.79. The molecule has 1 amide bonds. The number of nitrogens with zero attached hydrogens (tertiary/aromatic N) is 5. The van der Waals surface area contributed by atoms with Crippen molar-refractivity contribution in [1.82, 2.24) is 24.1 Å². The average Bonchev–Trinajstić information content (AvgIpc) is 3.27. The van der Waals surface area contributed by atoms with Gasteiger partial charge in [0.2, 0.25) is 0 Å². The number of methoxy groups -OCH3 is 1. The number of anilines is 1. The third-order valence-corrected chi connectivity index (χ3v) is 5.77. The molecule has 0 aliphatic heterocycles. The van der Waals surface area contributed by atoms with Crippen LogP contribution in [0.3, 0.4) is 0 Å². The van der Waals surface area contributed by atoms with Gasteiger partial charge in [-0.1, -0.05) is 6.07 Å². The molecule has 174 valence electrons. The van der Waals surface area contributed by atoms with Gasteiger partial charge in [0.05, 0.1) is 18.4 Å². The summed E-state index contributed by atoms with van der Waals surface area (Å²) in [6.07, 6.45) is 0. The van der Waals surface area contributed by atoms with E-state index in [0.717, 1.165) is 29.1 Å².